The van der Waals surface area contributed by atoms with E-state index in [2.05, 4.69) is 4.98 Å². The Labute approximate surface area is 96.7 Å². The van der Waals surface area contributed by atoms with Crippen molar-refractivity contribution in [1.29, 1.82) is 0 Å². The van der Waals surface area contributed by atoms with E-state index in [0.717, 1.165) is 10.4 Å². The molecule has 5 heteroatoms. The predicted molar refractivity (Wildman–Crippen MR) is 63.1 cm³/mol. The Morgan fingerprint density at radius 3 is 2.94 bits per heavy atom. The average molecular weight is 238 g/mol. The molecule has 3 nitrogen and oxygen atoms in total. The molecule has 1 aromatic heterocycles. The number of benzene rings is 1. The molecule has 0 saturated heterocycles. The lowest BCUT2D eigenvalue weighted by Crippen LogP contribution is -1.94. The van der Waals surface area contributed by atoms with Gasteiger partial charge in [0.25, 0.3) is 0 Å². The highest BCUT2D eigenvalue weighted by Crippen LogP contribution is 2.31. The molecule has 84 valence electrons. The maximum absolute atomic E-state index is 13.3. The molecule has 0 aliphatic carbocycles. The van der Waals surface area contributed by atoms with Gasteiger partial charge in [0.1, 0.15) is 0 Å². The maximum atomic E-state index is 13.3. The smallest absolute Gasteiger partial charge is 0.180 e. The standard InChI is InChI=1S/C11H11FN2OS/c1-2-15-9-5-7(3-4-8(9)12)10-6-14-11(13)16-10/h3-6H,2H2,1H3,(H2,13,14). The van der Waals surface area contributed by atoms with Crippen molar-refractivity contribution in [2.24, 2.45) is 0 Å². The summed E-state index contributed by atoms with van der Waals surface area (Å²) in [5.41, 5.74) is 6.40. The number of anilines is 1. The molecular formula is C11H11FN2OS. The van der Waals surface area contributed by atoms with Gasteiger partial charge in [-0.25, -0.2) is 9.37 Å². The number of rotatable bonds is 3. The van der Waals surface area contributed by atoms with Gasteiger partial charge in [0.15, 0.2) is 16.7 Å². The molecule has 0 fully saturated rings. The second kappa shape index (κ2) is 4.49. The zero-order valence-corrected chi connectivity index (χ0v) is 9.55. The van der Waals surface area contributed by atoms with Crippen molar-refractivity contribution in [2.75, 3.05) is 12.3 Å². The van der Waals surface area contributed by atoms with Gasteiger partial charge in [-0.1, -0.05) is 17.4 Å². The average Bonchev–Trinajstić information content (AvgIpc) is 2.69. The van der Waals surface area contributed by atoms with Gasteiger partial charge in [-0.2, -0.15) is 0 Å². The lowest BCUT2D eigenvalue weighted by atomic mass is 10.2. The molecule has 0 aliphatic rings. The van der Waals surface area contributed by atoms with E-state index in [1.54, 1.807) is 18.3 Å². The van der Waals surface area contributed by atoms with Crippen LogP contribution in [-0.4, -0.2) is 11.6 Å². The Kier molecular flexibility index (Phi) is 3.05. The van der Waals surface area contributed by atoms with Crippen LogP contribution < -0.4 is 10.5 Å². The SMILES string of the molecule is CCOc1cc(-c2cnc(N)s2)ccc1F. The molecule has 0 saturated carbocycles. The first-order valence-corrected chi connectivity index (χ1v) is 5.66. The second-order valence-electron chi connectivity index (χ2n) is 3.14. The Morgan fingerprint density at radius 1 is 1.50 bits per heavy atom. The summed E-state index contributed by atoms with van der Waals surface area (Å²) < 4.78 is 18.5. The molecule has 2 aromatic rings. The van der Waals surface area contributed by atoms with Crippen LogP contribution in [0.3, 0.4) is 0 Å². The minimum atomic E-state index is -0.358. The number of hydrogen-bond acceptors (Lipinski definition) is 4. The molecule has 2 rings (SSSR count). The molecule has 0 spiro atoms. The van der Waals surface area contributed by atoms with Crippen LogP contribution in [0, 0.1) is 5.82 Å². The molecule has 0 amide bonds. The maximum Gasteiger partial charge on any atom is 0.180 e. The van der Waals surface area contributed by atoms with E-state index in [9.17, 15) is 4.39 Å². The third kappa shape index (κ3) is 2.14. The van der Waals surface area contributed by atoms with Crippen molar-refractivity contribution >= 4 is 16.5 Å². The van der Waals surface area contributed by atoms with Gasteiger partial charge < -0.3 is 10.5 Å². The van der Waals surface area contributed by atoms with Gasteiger partial charge in [0, 0.05) is 6.20 Å². The van der Waals surface area contributed by atoms with Crippen LogP contribution in [0.1, 0.15) is 6.92 Å². The number of nitrogens with two attached hydrogens (primary N) is 1. The van der Waals surface area contributed by atoms with Crippen LogP contribution in [0.15, 0.2) is 24.4 Å². The van der Waals surface area contributed by atoms with Crippen LogP contribution in [0.25, 0.3) is 10.4 Å². The summed E-state index contributed by atoms with van der Waals surface area (Å²) in [6, 6.07) is 4.73. The van der Waals surface area contributed by atoms with Crippen LogP contribution >= 0.6 is 11.3 Å². The highest BCUT2D eigenvalue weighted by atomic mass is 32.1. The Bertz CT molecular complexity index is 498. The van der Waals surface area contributed by atoms with E-state index in [1.165, 1.54) is 17.4 Å². The zero-order chi connectivity index (χ0) is 11.5. The van der Waals surface area contributed by atoms with Crippen molar-refractivity contribution in [3.63, 3.8) is 0 Å². The van der Waals surface area contributed by atoms with Gasteiger partial charge in [-0.3, -0.25) is 0 Å². The summed E-state index contributed by atoms with van der Waals surface area (Å²) in [7, 11) is 0. The molecule has 1 aromatic carbocycles. The molecule has 1 heterocycles. The van der Waals surface area contributed by atoms with Gasteiger partial charge in [0.2, 0.25) is 0 Å². The van der Waals surface area contributed by atoms with E-state index >= 15 is 0 Å². The number of thiazole rings is 1. The summed E-state index contributed by atoms with van der Waals surface area (Å²) in [5.74, 6) is -0.102. The summed E-state index contributed by atoms with van der Waals surface area (Å²) in [6.45, 7) is 2.25. The number of nitrogens with zero attached hydrogens (tertiary/aromatic N) is 1. The van der Waals surface area contributed by atoms with Crippen LogP contribution in [-0.2, 0) is 0 Å². The first-order valence-electron chi connectivity index (χ1n) is 4.84. The first kappa shape index (κ1) is 10.9. The van der Waals surface area contributed by atoms with Crippen LogP contribution in [0.5, 0.6) is 5.75 Å². The summed E-state index contributed by atoms with van der Waals surface area (Å²) in [6.07, 6.45) is 1.67. The molecule has 2 N–H and O–H groups in total. The van der Waals surface area contributed by atoms with E-state index in [-0.39, 0.29) is 11.6 Å². The number of halogens is 1. The fourth-order valence-electron chi connectivity index (χ4n) is 1.34. The zero-order valence-electron chi connectivity index (χ0n) is 8.74. The minimum absolute atomic E-state index is 0.256. The van der Waals surface area contributed by atoms with Crippen LogP contribution in [0.2, 0.25) is 0 Å². The van der Waals surface area contributed by atoms with Crippen LogP contribution in [0.4, 0.5) is 9.52 Å². The Hall–Kier alpha value is -1.62. The monoisotopic (exact) mass is 238 g/mol. The Balaban J connectivity index is 2.39. The van der Waals surface area contributed by atoms with Crippen molar-refractivity contribution in [3.05, 3.63) is 30.2 Å². The van der Waals surface area contributed by atoms with E-state index < -0.39 is 0 Å². The molecule has 0 unspecified atom stereocenters. The fraction of sp³-hybridized carbons (Fsp3) is 0.182. The largest absolute Gasteiger partial charge is 0.491 e. The van der Waals surface area contributed by atoms with Gasteiger partial charge >= 0.3 is 0 Å². The van der Waals surface area contributed by atoms with Crippen molar-refractivity contribution < 1.29 is 9.13 Å². The summed E-state index contributed by atoms with van der Waals surface area (Å²) >= 11 is 1.36. The first-order chi connectivity index (χ1) is 7.70. The van der Waals surface area contributed by atoms with Gasteiger partial charge in [0.05, 0.1) is 11.5 Å². The number of ether oxygens (including phenoxy) is 1. The predicted octanol–water partition coefficient (Wildman–Crippen LogP) is 2.93. The Morgan fingerprint density at radius 2 is 2.31 bits per heavy atom. The highest BCUT2D eigenvalue weighted by Gasteiger charge is 2.07. The molecule has 0 radical (unpaired) electrons. The molecule has 0 atom stereocenters. The lowest BCUT2D eigenvalue weighted by molar-refractivity contribution is 0.322. The van der Waals surface area contributed by atoms with Crippen molar-refractivity contribution in [3.8, 4) is 16.2 Å². The topological polar surface area (TPSA) is 48.1 Å². The van der Waals surface area contributed by atoms with E-state index in [4.69, 9.17) is 10.5 Å². The van der Waals surface area contributed by atoms with Gasteiger partial charge in [-0.15, -0.1) is 0 Å². The lowest BCUT2D eigenvalue weighted by Gasteiger charge is -2.05. The highest BCUT2D eigenvalue weighted by molar-refractivity contribution is 7.18. The number of hydrogen-bond donors (Lipinski definition) is 1. The third-order valence-corrected chi connectivity index (χ3v) is 2.91. The quantitative estimate of drug-likeness (QED) is 0.894. The summed E-state index contributed by atoms with van der Waals surface area (Å²) in [5, 5.41) is 0.497. The minimum Gasteiger partial charge on any atom is -0.491 e. The van der Waals surface area contributed by atoms with Crippen molar-refractivity contribution in [2.45, 2.75) is 6.92 Å². The molecule has 0 bridgehead atoms. The molecule has 16 heavy (non-hydrogen) atoms. The molecular weight excluding hydrogens is 227 g/mol. The normalized spacial score (nSPS) is 10.4. The van der Waals surface area contributed by atoms with Gasteiger partial charge in [-0.05, 0) is 24.6 Å². The number of aromatic nitrogens is 1. The van der Waals surface area contributed by atoms with Crippen molar-refractivity contribution in [1.82, 2.24) is 4.98 Å². The third-order valence-electron chi connectivity index (χ3n) is 2.04. The molecule has 0 aliphatic heterocycles. The summed E-state index contributed by atoms with van der Waals surface area (Å²) in [4.78, 5) is 4.85. The second-order valence-corrected chi connectivity index (χ2v) is 4.20. The van der Waals surface area contributed by atoms with E-state index in [1.807, 2.05) is 6.92 Å². The van der Waals surface area contributed by atoms with E-state index in [0.29, 0.717) is 11.7 Å². The number of nitrogen functional groups attached to an aromatic ring is 1. The fourth-order valence-corrected chi connectivity index (χ4v) is 2.02.